The van der Waals surface area contributed by atoms with Crippen LogP contribution in [-0.4, -0.2) is 30.6 Å². The van der Waals surface area contributed by atoms with E-state index in [0.29, 0.717) is 22.6 Å². The molecule has 0 unspecified atom stereocenters. The Morgan fingerprint density at radius 3 is 1.56 bits per heavy atom. The third-order valence-electron chi connectivity index (χ3n) is 10.0. The Balaban J connectivity index is 1.43. The Morgan fingerprint density at radius 1 is 0.520 bits per heavy atom. The minimum atomic E-state index is -4.50. The third kappa shape index (κ3) is 4.96. The van der Waals surface area contributed by atoms with Crippen molar-refractivity contribution in [1.29, 1.82) is 0 Å². The molecule has 50 heavy (non-hydrogen) atoms. The van der Waals surface area contributed by atoms with Crippen LogP contribution in [0.5, 0.6) is 0 Å². The minimum absolute atomic E-state index is 0.0490. The first kappa shape index (κ1) is 31.5. The van der Waals surface area contributed by atoms with Gasteiger partial charge in [0.15, 0.2) is 0 Å². The SMILES string of the molecule is Cc1ccc(S(=O)(=O)N2C(=O)N(c3ccccc3)C3=C[C@H](c4ccccc4)[C@H]4C(=O)N(c5ccccc5)C(=O)[C@H]4[C@@H]3[C@H]2c2ccccc2)cc1. The number of nitrogens with zero attached hydrogens (tertiary/aromatic N) is 3. The Hall–Kier alpha value is -5.80. The van der Waals surface area contributed by atoms with Gasteiger partial charge < -0.3 is 0 Å². The number of imide groups is 1. The summed E-state index contributed by atoms with van der Waals surface area (Å²) >= 11 is 0. The molecule has 3 aliphatic rings. The van der Waals surface area contributed by atoms with Crippen molar-refractivity contribution < 1.29 is 22.8 Å². The van der Waals surface area contributed by atoms with Gasteiger partial charge in [0.05, 0.1) is 34.1 Å². The van der Waals surface area contributed by atoms with Crippen molar-refractivity contribution in [2.45, 2.75) is 23.8 Å². The van der Waals surface area contributed by atoms with Crippen LogP contribution in [0.25, 0.3) is 0 Å². The van der Waals surface area contributed by atoms with Gasteiger partial charge in [-0.05, 0) is 54.4 Å². The van der Waals surface area contributed by atoms with Crippen molar-refractivity contribution >= 4 is 39.2 Å². The van der Waals surface area contributed by atoms with E-state index in [4.69, 9.17) is 0 Å². The summed E-state index contributed by atoms with van der Waals surface area (Å²) < 4.78 is 30.6. The fourth-order valence-corrected chi connectivity index (χ4v) is 9.37. The van der Waals surface area contributed by atoms with Gasteiger partial charge in [-0.25, -0.2) is 17.5 Å². The zero-order valence-corrected chi connectivity index (χ0v) is 27.9. The lowest BCUT2D eigenvalue weighted by Gasteiger charge is -2.51. The summed E-state index contributed by atoms with van der Waals surface area (Å²) in [6.45, 7) is 1.86. The number of hydrogen-bond donors (Lipinski definition) is 0. The highest BCUT2D eigenvalue weighted by Gasteiger charge is 2.63. The third-order valence-corrected chi connectivity index (χ3v) is 11.8. The van der Waals surface area contributed by atoms with Crippen LogP contribution in [0.4, 0.5) is 16.2 Å². The van der Waals surface area contributed by atoms with E-state index < -0.39 is 51.7 Å². The van der Waals surface area contributed by atoms with Gasteiger partial charge in [-0.1, -0.05) is 121 Å². The molecule has 2 saturated heterocycles. The summed E-state index contributed by atoms with van der Waals surface area (Å²) in [7, 11) is -4.50. The molecule has 2 fully saturated rings. The Labute approximate surface area is 290 Å². The second-order valence-electron chi connectivity index (χ2n) is 12.9. The monoisotopic (exact) mass is 679 g/mol. The summed E-state index contributed by atoms with van der Waals surface area (Å²) in [5.74, 6) is -4.15. The van der Waals surface area contributed by atoms with Crippen molar-refractivity contribution in [2.24, 2.45) is 17.8 Å². The molecule has 0 saturated carbocycles. The maximum absolute atomic E-state index is 15.1. The van der Waals surface area contributed by atoms with E-state index in [1.54, 1.807) is 84.9 Å². The molecule has 0 spiro atoms. The average Bonchev–Trinajstić information content (AvgIpc) is 3.41. The Bertz CT molecular complexity index is 2230. The van der Waals surface area contributed by atoms with Crippen molar-refractivity contribution in [1.82, 2.24) is 4.31 Å². The van der Waals surface area contributed by atoms with Crippen LogP contribution in [0.3, 0.4) is 0 Å². The second-order valence-corrected chi connectivity index (χ2v) is 14.7. The van der Waals surface area contributed by atoms with Crippen LogP contribution >= 0.6 is 0 Å². The highest BCUT2D eigenvalue weighted by Crippen LogP contribution is 2.58. The smallest absolute Gasteiger partial charge is 0.274 e. The number of amides is 4. The van der Waals surface area contributed by atoms with Gasteiger partial charge in [-0.2, -0.15) is 0 Å². The number of fused-ring (bicyclic) bond motifs is 3. The molecule has 2 aliphatic heterocycles. The van der Waals surface area contributed by atoms with Crippen molar-refractivity contribution in [3.63, 3.8) is 0 Å². The highest BCUT2D eigenvalue weighted by atomic mass is 32.2. The normalized spacial score (nSPS) is 23.4. The number of allylic oxidation sites excluding steroid dienone is 1. The molecule has 8 nitrogen and oxygen atoms in total. The molecular weight excluding hydrogens is 647 g/mol. The number of sulfonamides is 1. The molecule has 5 aromatic carbocycles. The number of carbonyl (C=O) groups excluding carboxylic acids is 3. The summed E-state index contributed by atoms with van der Waals surface area (Å²) in [5.41, 5.74) is 3.59. The van der Waals surface area contributed by atoms with Gasteiger partial charge in [0.1, 0.15) is 0 Å². The molecule has 1 aliphatic carbocycles. The molecule has 0 bridgehead atoms. The first-order valence-electron chi connectivity index (χ1n) is 16.5. The fraction of sp³-hybridized carbons (Fsp3) is 0.146. The molecule has 8 rings (SSSR count). The minimum Gasteiger partial charge on any atom is -0.274 e. The van der Waals surface area contributed by atoms with Crippen LogP contribution in [0.1, 0.15) is 28.7 Å². The second kappa shape index (κ2) is 12.3. The van der Waals surface area contributed by atoms with Gasteiger partial charge in [-0.15, -0.1) is 0 Å². The average molecular weight is 680 g/mol. The predicted octanol–water partition coefficient (Wildman–Crippen LogP) is 7.47. The maximum atomic E-state index is 15.1. The molecule has 9 heteroatoms. The number of aryl methyl sites for hydroxylation is 1. The van der Waals surface area contributed by atoms with Crippen LogP contribution < -0.4 is 9.80 Å². The molecule has 4 amide bonds. The van der Waals surface area contributed by atoms with Gasteiger partial charge in [0.25, 0.3) is 10.0 Å². The lowest BCUT2D eigenvalue weighted by molar-refractivity contribution is -0.123. The lowest BCUT2D eigenvalue weighted by Crippen LogP contribution is -2.59. The number of anilines is 2. The standard InChI is InChI=1S/C41H33N3O5S/c1-27-22-24-32(25-23-27)50(48,49)44-38(29-16-8-3-9-17-29)36-34(42(41(44)47)30-18-10-4-11-19-30)26-33(28-14-6-2-7-15-28)35-37(36)40(46)43(39(35)45)31-20-12-5-13-21-31/h2-26,33,35-38H,1H3/t33-,35-,36-,37-,38-/m1/s1. The van der Waals surface area contributed by atoms with Crippen LogP contribution in [0, 0.1) is 24.7 Å². The number of rotatable bonds is 6. The number of carbonyl (C=O) groups is 3. The largest absolute Gasteiger partial charge is 0.343 e. The van der Waals surface area contributed by atoms with E-state index in [-0.39, 0.29) is 10.8 Å². The van der Waals surface area contributed by atoms with Gasteiger partial charge in [0, 0.05) is 17.5 Å². The Kier molecular flexibility index (Phi) is 7.72. The summed E-state index contributed by atoms with van der Waals surface area (Å²) in [6.07, 6.45) is 1.91. The van der Waals surface area contributed by atoms with Crippen LogP contribution in [0.15, 0.2) is 162 Å². The molecule has 0 aromatic heterocycles. The van der Waals surface area contributed by atoms with Crippen LogP contribution in [0.2, 0.25) is 0 Å². The quantitative estimate of drug-likeness (QED) is 0.174. The number of hydrogen-bond acceptors (Lipinski definition) is 5. The molecule has 0 N–H and O–H groups in total. The number of para-hydroxylation sites is 2. The first-order valence-corrected chi connectivity index (χ1v) is 18.0. The molecule has 0 radical (unpaired) electrons. The first-order chi connectivity index (χ1) is 24.3. The molecule has 2 heterocycles. The van der Waals surface area contributed by atoms with Crippen LogP contribution in [-0.2, 0) is 19.6 Å². The topological polar surface area (TPSA) is 95.1 Å². The number of benzene rings is 5. The zero-order chi connectivity index (χ0) is 34.6. The van der Waals surface area contributed by atoms with Gasteiger partial charge in [-0.3, -0.25) is 19.4 Å². The molecule has 5 atom stereocenters. The van der Waals surface area contributed by atoms with E-state index >= 15 is 4.79 Å². The molecular formula is C41H33N3O5S. The highest BCUT2D eigenvalue weighted by molar-refractivity contribution is 7.89. The predicted molar refractivity (Wildman–Crippen MR) is 190 cm³/mol. The number of urea groups is 1. The lowest BCUT2D eigenvalue weighted by atomic mass is 9.64. The van der Waals surface area contributed by atoms with E-state index in [2.05, 4.69) is 0 Å². The summed E-state index contributed by atoms with van der Waals surface area (Å²) in [5, 5.41) is 0. The van der Waals surface area contributed by atoms with E-state index in [9.17, 15) is 18.0 Å². The van der Waals surface area contributed by atoms with Crippen molar-refractivity contribution in [2.75, 3.05) is 9.80 Å². The molecule has 248 valence electrons. The maximum Gasteiger partial charge on any atom is 0.343 e. The van der Waals surface area contributed by atoms with Gasteiger partial charge in [0.2, 0.25) is 11.8 Å². The van der Waals surface area contributed by atoms with E-state index in [1.165, 1.54) is 21.9 Å². The zero-order valence-electron chi connectivity index (χ0n) is 27.1. The van der Waals surface area contributed by atoms with Gasteiger partial charge >= 0.3 is 6.03 Å². The Morgan fingerprint density at radius 2 is 1.00 bits per heavy atom. The van der Waals surface area contributed by atoms with Crippen molar-refractivity contribution in [3.8, 4) is 0 Å². The van der Waals surface area contributed by atoms with E-state index in [1.807, 2.05) is 61.5 Å². The summed E-state index contributed by atoms with van der Waals surface area (Å²) in [4.78, 5) is 47.3. The summed E-state index contributed by atoms with van der Waals surface area (Å²) in [6, 6.07) is 40.6. The van der Waals surface area contributed by atoms with Crippen molar-refractivity contribution in [3.05, 3.63) is 174 Å². The van der Waals surface area contributed by atoms with E-state index in [0.717, 1.165) is 15.4 Å². The fourth-order valence-electron chi connectivity index (χ4n) is 7.82. The molecule has 5 aromatic rings.